The summed E-state index contributed by atoms with van der Waals surface area (Å²) in [6, 6.07) is 73.0. The summed E-state index contributed by atoms with van der Waals surface area (Å²) in [5.41, 5.74) is 15.9. The second-order valence-corrected chi connectivity index (χ2v) is 19.7. The molecule has 0 radical (unpaired) electrons. The lowest BCUT2D eigenvalue weighted by molar-refractivity contribution is 0.668. The van der Waals surface area contributed by atoms with Crippen molar-refractivity contribution >= 4 is 137 Å². The fourth-order valence-electron chi connectivity index (χ4n) is 12.4. The SMILES string of the molecule is [C-]#[N+]c1cc(C#N)c(-n2c3ccc(-c4ccc5c(c4)oc4ccccc45)cc3c3c4oc5ccccc5c4ccc32)cc1-n1c2ccc(-c3ccc4c(c3)oc3ccccc34)cc2c2c3oc4ccccc4c3ccc21. The molecular formula is C68H34N4O4. The number of hydrogen-bond donors (Lipinski definition) is 0. The summed E-state index contributed by atoms with van der Waals surface area (Å²) in [7, 11) is 0. The lowest BCUT2D eigenvalue weighted by Crippen LogP contribution is -2.02. The molecule has 8 nitrogen and oxygen atoms in total. The van der Waals surface area contributed by atoms with E-state index in [1.54, 1.807) is 6.07 Å². The molecule has 0 aliphatic rings. The van der Waals surface area contributed by atoms with Gasteiger partial charge in [-0.3, -0.25) is 0 Å². The summed E-state index contributed by atoms with van der Waals surface area (Å²) in [6.45, 7) is 8.72. The summed E-state index contributed by atoms with van der Waals surface area (Å²) in [6.07, 6.45) is 0. The first kappa shape index (κ1) is 40.8. The maximum Gasteiger partial charge on any atom is 0.212 e. The van der Waals surface area contributed by atoms with Crippen molar-refractivity contribution in [1.29, 1.82) is 5.26 Å². The van der Waals surface area contributed by atoms with E-state index in [2.05, 4.69) is 141 Å². The second kappa shape index (κ2) is 14.9. The number of aromatic nitrogens is 2. The van der Waals surface area contributed by atoms with E-state index >= 15 is 0 Å². The molecule has 0 atom stereocenters. The first-order chi connectivity index (χ1) is 37.6. The molecule has 0 amide bonds. The van der Waals surface area contributed by atoms with E-state index in [-0.39, 0.29) is 0 Å². The highest BCUT2D eigenvalue weighted by molar-refractivity contribution is 6.26. The Morgan fingerprint density at radius 1 is 0.342 bits per heavy atom. The van der Waals surface area contributed by atoms with Crippen LogP contribution in [0.5, 0.6) is 0 Å². The van der Waals surface area contributed by atoms with Crippen molar-refractivity contribution < 1.29 is 17.7 Å². The van der Waals surface area contributed by atoms with Crippen LogP contribution in [-0.2, 0) is 0 Å². The van der Waals surface area contributed by atoms with Gasteiger partial charge in [0.05, 0.1) is 62.4 Å². The van der Waals surface area contributed by atoms with Crippen molar-refractivity contribution in [2.45, 2.75) is 0 Å². The van der Waals surface area contributed by atoms with E-state index in [4.69, 9.17) is 24.2 Å². The maximum absolute atomic E-state index is 11.2. The molecule has 0 N–H and O–H groups in total. The van der Waals surface area contributed by atoms with E-state index in [1.165, 1.54) is 0 Å². The monoisotopic (exact) mass is 970 g/mol. The van der Waals surface area contributed by atoms with Crippen LogP contribution in [-0.4, -0.2) is 9.13 Å². The van der Waals surface area contributed by atoms with Crippen LogP contribution in [0.3, 0.4) is 0 Å². The Kier molecular flexibility index (Phi) is 7.99. The molecule has 0 saturated heterocycles. The average molecular weight is 971 g/mol. The van der Waals surface area contributed by atoms with Crippen LogP contribution in [0, 0.1) is 17.9 Å². The first-order valence-electron chi connectivity index (χ1n) is 25.1. The normalized spacial score (nSPS) is 12.2. The van der Waals surface area contributed by atoms with E-state index in [9.17, 15) is 5.26 Å². The smallest absolute Gasteiger partial charge is 0.212 e. The van der Waals surface area contributed by atoms with Gasteiger partial charge >= 0.3 is 0 Å². The van der Waals surface area contributed by atoms with Crippen LogP contribution < -0.4 is 0 Å². The number of para-hydroxylation sites is 4. The van der Waals surface area contributed by atoms with E-state index < -0.39 is 0 Å². The molecule has 350 valence electrons. The van der Waals surface area contributed by atoms with Crippen LogP contribution in [0.4, 0.5) is 5.69 Å². The van der Waals surface area contributed by atoms with Gasteiger partial charge in [0.2, 0.25) is 5.69 Å². The van der Waals surface area contributed by atoms with E-state index in [0.29, 0.717) is 22.6 Å². The van der Waals surface area contributed by atoms with Gasteiger partial charge in [-0.15, -0.1) is 0 Å². The van der Waals surface area contributed by atoms with Gasteiger partial charge in [0, 0.05) is 53.9 Å². The summed E-state index contributed by atoms with van der Waals surface area (Å²) >= 11 is 0. The highest BCUT2D eigenvalue weighted by Crippen LogP contribution is 2.47. The molecule has 0 fully saturated rings. The predicted molar refractivity (Wildman–Crippen MR) is 306 cm³/mol. The van der Waals surface area contributed by atoms with Crippen molar-refractivity contribution in [1.82, 2.24) is 9.13 Å². The average Bonchev–Trinajstić information content (AvgIpc) is 4.42. The number of furan rings is 4. The molecule has 0 spiro atoms. The van der Waals surface area contributed by atoms with Crippen molar-refractivity contribution in [2.24, 2.45) is 0 Å². The third-order valence-electron chi connectivity index (χ3n) is 15.8. The van der Waals surface area contributed by atoms with Crippen LogP contribution in [0.2, 0.25) is 0 Å². The van der Waals surface area contributed by atoms with Gasteiger partial charge in [-0.1, -0.05) is 97.1 Å². The van der Waals surface area contributed by atoms with Crippen LogP contribution in [0.1, 0.15) is 5.56 Å². The lowest BCUT2D eigenvalue weighted by Gasteiger charge is -2.16. The van der Waals surface area contributed by atoms with Gasteiger partial charge in [0.15, 0.2) is 0 Å². The van der Waals surface area contributed by atoms with Gasteiger partial charge in [0.25, 0.3) is 0 Å². The number of hydrogen-bond acceptors (Lipinski definition) is 5. The van der Waals surface area contributed by atoms with Crippen molar-refractivity contribution in [3.63, 3.8) is 0 Å². The number of nitrogens with zero attached hydrogens (tertiary/aromatic N) is 4. The Morgan fingerprint density at radius 3 is 1.20 bits per heavy atom. The zero-order chi connectivity index (χ0) is 49.9. The minimum absolute atomic E-state index is 0.340. The topological polar surface area (TPSA) is 90.6 Å². The lowest BCUT2D eigenvalue weighted by atomic mass is 10.0. The molecule has 76 heavy (non-hydrogen) atoms. The van der Waals surface area contributed by atoms with Gasteiger partial charge in [-0.2, -0.15) is 5.26 Å². The quantitative estimate of drug-likeness (QED) is 0.164. The largest absolute Gasteiger partial charge is 0.456 e. The number of rotatable bonds is 4. The van der Waals surface area contributed by atoms with Crippen molar-refractivity contribution in [3.8, 4) is 39.7 Å². The van der Waals surface area contributed by atoms with Crippen LogP contribution in [0.25, 0.3) is 170 Å². The summed E-state index contributed by atoms with van der Waals surface area (Å²) in [4.78, 5) is 4.16. The van der Waals surface area contributed by atoms with Gasteiger partial charge in [-0.05, 0) is 131 Å². The second-order valence-electron chi connectivity index (χ2n) is 19.7. The van der Waals surface area contributed by atoms with Crippen molar-refractivity contribution in [3.05, 3.63) is 223 Å². The summed E-state index contributed by atoms with van der Waals surface area (Å²) in [5.74, 6) is 0. The van der Waals surface area contributed by atoms with E-state index in [1.807, 2.05) is 78.9 Å². The zero-order valence-corrected chi connectivity index (χ0v) is 40.1. The minimum Gasteiger partial charge on any atom is -0.456 e. The maximum atomic E-state index is 11.2. The van der Waals surface area contributed by atoms with Gasteiger partial charge < -0.3 is 26.8 Å². The molecule has 0 unspecified atom stereocenters. The molecule has 0 aliphatic heterocycles. The van der Waals surface area contributed by atoms with Gasteiger partial charge in [-0.25, -0.2) is 4.85 Å². The predicted octanol–water partition coefficient (Wildman–Crippen LogP) is 19.2. The fraction of sp³-hybridized carbons (Fsp3) is 0. The molecule has 6 aromatic heterocycles. The van der Waals surface area contributed by atoms with Crippen LogP contribution >= 0.6 is 0 Å². The molecule has 6 heterocycles. The minimum atomic E-state index is 0.340. The number of benzene rings is 11. The molecule has 17 aromatic rings. The Labute approximate surface area is 430 Å². The van der Waals surface area contributed by atoms with Crippen LogP contribution in [0.15, 0.2) is 224 Å². The molecule has 0 bridgehead atoms. The van der Waals surface area contributed by atoms with E-state index in [0.717, 1.165) is 154 Å². The summed E-state index contributed by atoms with van der Waals surface area (Å²) < 4.78 is 30.7. The Hall–Kier alpha value is -10.8. The highest BCUT2D eigenvalue weighted by atomic mass is 16.3. The Bertz CT molecular complexity index is 5190. The first-order valence-corrected chi connectivity index (χ1v) is 25.1. The Morgan fingerprint density at radius 2 is 0.724 bits per heavy atom. The zero-order valence-electron chi connectivity index (χ0n) is 40.1. The molecule has 0 saturated carbocycles. The van der Waals surface area contributed by atoms with Crippen molar-refractivity contribution in [2.75, 3.05) is 0 Å². The summed E-state index contributed by atoms with van der Waals surface area (Å²) in [5, 5.41) is 23.3. The molecule has 8 heteroatoms. The molecule has 11 aromatic carbocycles. The molecule has 0 aliphatic carbocycles. The highest BCUT2D eigenvalue weighted by Gasteiger charge is 2.26. The molecule has 17 rings (SSSR count). The standard InChI is InChI=1S/C68H34N4O4/c1-70-52-32-41(36-69)57(71-53-26-20-37(39-18-22-46-42-10-2-6-14-59(42)73-63(46)33-39)30-50(53)65-55(71)28-24-48-44-12-4-8-16-61(44)75-67(48)65)35-58(52)72-54-27-21-38(40-19-23-47-43-11-3-7-15-60(43)74-64(47)34-40)31-51(54)66-56(72)29-25-49-45-13-5-9-17-62(45)76-68(49)66/h2-35H. The fourth-order valence-corrected chi connectivity index (χ4v) is 12.4. The third kappa shape index (κ3) is 5.48. The molecular weight excluding hydrogens is 937 g/mol. The van der Waals surface area contributed by atoms with Gasteiger partial charge in [0.1, 0.15) is 44.7 Å². The number of nitriles is 1. The Balaban J connectivity index is 0.930. The third-order valence-corrected chi connectivity index (χ3v) is 15.8. The number of fused-ring (bicyclic) bond motifs is 20.